The van der Waals surface area contributed by atoms with Crippen LogP contribution < -0.4 is 11.1 Å². The molecule has 0 unspecified atom stereocenters. The number of hydrogen-bond acceptors (Lipinski definition) is 5. The monoisotopic (exact) mass is 331 g/mol. The minimum absolute atomic E-state index is 0.205. The van der Waals surface area contributed by atoms with E-state index in [4.69, 9.17) is 17.3 Å². The molecule has 3 N–H and O–H groups in total. The summed E-state index contributed by atoms with van der Waals surface area (Å²) in [5.74, 6) is 0.913. The number of nitrogens with zero attached hydrogens (tertiary/aromatic N) is 3. The third-order valence-electron chi connectivity index (χ3n) is 4.14. The highest BCUT2D eigenvalue weighted by atomic mass is 35.5. The van der Waals surface area contributed by atoms with Gasteiger partial charge in [0.25, 0.3) is 0 Å². The third-order valence-corrected chi connectivity index (χ3v) is 4.33. The lowest BCUT2D eigenvalue weighted by molar-refractivity contribution is 0.211. The maximum atomic E-state index is 5.91. The second kappa shape index (κ2) is 7.15. The standard InChI is InChI=1S/C17H22ClN5/c1-12-3-2-4-13(9-12)11-23-7-5-14(6-8-23)20-16-10-15(18)21-17(19)22-16/h2-4,9-10,14H,5-8,11H2,1H3,(H3,19,20,21,22). The lowest BCUT2D eigenvalue weighted by atomic mass is 10.0. The van der Waals surface area contributed by atoms with Crippen LogP contribution >= 0.6 is 11.6 Å². The van der Waals surface area contributed by atoms with E-state index in [0.717, 1.165) is 32.5 Å². The first kappa shape index (κ1) is 16.0. The van der Waals surface area contributed by atoms with Gasteiger partial charge in [-0.05, 0) is 25.3 Å². The number of nitrogens with one attached hydrogen (secondary N) is 1. The Bertz CT molecular complexity index is 648. The highest BCUT2D eigenvalue weighted by molar-refractivity contribution is 6.29. The Balaban J connectivity index is 1.52. The van der Waals surface area contributed by atoms with Gasteiger partial charge in [-0.2, -0.15) is 4.98 Å². The van der Waals surface area contributed by atoms with E-state index in [9.17, 15) is 0 Å². The lowest BCUT2D eigenvalue weighted by Gasteiger charge is -2.32. The molecule has 0 aliphatic carbocycles. The third kappa shape index (κ3) is 4.56. The van der Waals surface area contributed by atoms with Crippen LogP contribution in [0.3, 0.4) is 0 Å². The fraction of sp³-hybridized carbons (Fsp3) is 0.412. The predicted octanol–water partition coefficient (Wildman–Crippen LogP) is 3.10. The second-order valence-electron chi connectivity index (χ2n) is 6.12. The van der Waals surface area contributed by atoms with Crippen LogP contribution in [0.15, 0.2) is 30.3 Å². The summed E-state index contributed by atoms with van der Waals surface area (Å²) in [7, 11) is 0. The van der Waals surface area contributed by atoms with Gasteiger partial charge in [-0.3, -0.25) is 4.90 Å². The number of nitrogen functional groups attached to an aromatic ring is 1. The van der Waals surface area contributed by atoms with Crippen molar-refractivity contribution in [1.29, 1.82) is 0 Å². The molecule has 5 nitrogen and oxygen atoms in total. The van der Waals surface area contributed by atoms with Crippen LogP contribution in [-0.2, 0) is 6.54 Å². The van der Waals surface area contributed by atoms with Gasteiger partial charge in [0.05, 0.1) is 0 Å². The topological polar surface area (TPSA) is 67.1 Å². The number of piperidine rings is 1. The molecule has 1 aliphatic rings. The van der Waals surface area contributed by atoms with Gasteiger partial charge in [0, 0.05) is 31.7 Å². The molecule has 0 saturated carbocycles. The average molecular weight is 332 g/mol. The van der Waals surface area contributed by atoms with Crippen LogP contribution in [0.1, 0.15) is 24.0 Å². The zero-order valence-electron chi connectivity index (χ0n) is 13.3. The first-order valence-electron chi connectivity index (χ1n) is 7.93. The normalized spacial score (nSPS) is 16.4. The number of aromatic nitrogens is 2. The van der Waals surface area contributed by atoms with E-state index in [0.29, 0.717) is 17.0 Å². The van der Waals surface area contributed by atoms with Crippen molar-refractivity contribution in [2.45, 2.75) is 32.4 Å². The fourth-order valence-corrected chi connectivity index (χ4v) is 3.21. The molecule has 0 spiro atoms. The Kier molecular flexibility index (Phi) is 4.98. The molecule has 1 aromatic carbocycles. The average Bonchev–Trinajstić information content (AvgIpc) is 2.48. The lowest BCUT2D eigenvalue weighted by Crippen LogP contribution is -2.38. The quantitative estimate of drug-likeness (QED) is 0.843. The van der Waals surface area contributed by atoms with Crippen LogP contribution in [0, 0.1) is 6.92 Å². The molecule has 3 rings (SSSR count). The maximum absolute atomic E-state index is 5.91. The van der Waals surface area contributed by atoms with E-state index in [1.54, 1.807) is 6.07 Å². The number of aryl methyl sites for hydroxylation is 1. The Morgan fingerprint density at radius 2 is 2.04 bits per heavy atom. The van der Waals surface area contributed by atoms with E-state index in [1.807, 2.05) is 0 Å². The molecule has 122 valence electrons. The number of hydrogen-bond donors (Lipinski definition) is 2. The zero-order chi connectivity index (χ0) is 16.2. The predicted molar refractivity (Wildman–Crippen MR) is 94.6 cm³/mol. The van der Waals surface area contributed by atoms with Crippen LogP contribution in [-0.4, -0.2) is 34.0 Å². The SMILES string of the molecule is Cc1cccc(CN2CCC(Nc3cc(Cl)nc(N)n3)CC2)c1. The molecule has 23 heavy (non-hydrogen) atoms. The van der Waals surface area contributed by atoms with Crippen molar-refractivity contribution in [3.05, 3.63) is 46.6 Å². The number of rotatable bonds is 4. The summed E-state index contributed by atoms with van der Waals surface area (Å²) in [6.45, 7) is 5.29. The summed E-state index contributed by atoms with van der Waals surface area (Å²) < 4.78 is 0. The van der Waals surface area contributed by atoms with Gasteiger partial charge in [-0.1, -0.05) is 41.4 Å². The van der Waals surface area contributed by atoms with Crippen molar-refractivity contribution < 1.29 is 0 Å². The smallest absolute Gasteiger partial charge is 0.223 e. The molecule has 0 amide bonds. The molecule has 1 fully saturated rings. The number of nitrogens with two attached hydrogens (primary N) is 1. The zero-order valence-corrected chi connectivity index (χ0v) is 14.1. The summed E-state index contributed by atoms with van der Waals surface area (Å²) in [6.07, 6.45) is 2.15. The molecule has 6 heteroatoms. The molecule has 2 aromatic rings. The van der Waals surface area contributed by atoms with Gasteiger partial charge < -0.3 is 11.1 Å². The van der Waals surface area contributed by atoms with Crippen LogP contribution in [0.5, 0.6) is 0 Å². The van der Waals surface area contributed by atoms with Gasteiger partial charge in [0.2, 0.25) is 5.95 Å². The maximum Gasteiger partial charge on any atom is 0.223 e. The minimum Gasteiger partial charge on any atom is -0.368 e. The van der Waals surface area contributed by atoms with Gasteiger partial charge in [-0.15, -0.1) is 0 Å². The first-order chi connectivity index (χ1) is 11.1. The number of halogens is 1. The van der Waals surface area contributed by atoms with Gasteiger partial charge >= 0.3 is 0 Å². The van der Waals surface area contributed by atoms with E-state index >= 15 is 0 Å². The molecule has 1 saturated heterocycles. The van der Waals surface area contributed by atoms with Crippen LogP contribution in [0.4, 0.5) is 11.8 Å². The fourth-order valence-electron chi connectivity index (χ4n) is 3.02. The summed E-state index contributed by atoms with van der Waals surface area (Å²) in [5, 5.41) is 3.79. The molecule has 1 aromatic heterocycles. The Morgan fingerprint density at radius 3 is 2.74 bits per heavy atom. The van der Waals surface area contributed by atoms with Gasteiger partial charge in [0.1, 0.15) is 11.0 Å². The number of benzene rings is 1. The molecule has 2 heterocycles. The minimum atomic E-state index is 0.205. The Labute approximate surface area is 141 Å². The van der Waals surface area contributed by atoms with E-state index in [2.05, 4.69) is 51.4 Å². The van der Waals surface area contributed by atoms with Crippen molar-refractivity contribution in [1.82, 2.24) is 14.9 Å². The van der Waals surface area contributed by atoms with E-state index < -0.39 is 0 Å². The largest absolute Gasteiger partial charge is 0.368 e. The molecule has 1 aliphatic heterocycles. The summed E-state index contributed by atoms with van der Waals surface area (Å²) in [6, 6.07) is 10.8. The Hall–Kier alpha value is -1.85. The number of likely N-dealkylation sites (tertiary alicyclic amines) is 1. The van der Waals surface area contributed by atoms with Crippen molar-refractivity contribution in [2.75, 3.05) is 24.1 Å². The highest BCUT2D eigenvalue weighted by Crippen LogP contribution is 2.19. The first-order valence-corrected chi connectivity index (χ1v) is 8.31. The van der Waals surface area contributed by atoms with Crippen LogP contribution in [0.25, 0.3) is 0 Å². The molecule has 0 bridgehead atoms. The van der Waals surface area contributed by atoms with Crippen molar-refractivity contribution in [3.8, 4) is 0 Å². The van der Waals surface area contributed by atoms with Crippen molar-refractivity contribution in [3.63, 3.8) is 0 Å². The van der Waals surface area contributed by atoms with Crippen LogP contribution in [0.2, 0.25) is 5.15 Å². The number of anilines is 2. The second-order valence-corrected chi connectivity index (χ2v) is 6.51. The molecule has 0 atom stereocenters. The van der Waals surface area contributed by atoms with Crippen molar-refractivity contribution in [2.24, 2.45) is 0 Å². The molecular weight excluding hydrogens is 310 g/mol. The van der Waals surface area contributed by atoms with E-state index in [-0.39, 0.29) is 5.95 Å². The highest BCUT2D eigenvalue weighted by Gasteiger charge is 2.19. The van der Waals surface area contributed by atoms with Crippen molar-refractivity contribution >= 4 is 23.4 Å². The summed E-state index contributed by atoms with van der Waals surface area (Å²) >= 11 is 5.91. The summed E-state index contributed by atoms with van der Waals surface area (Å²) in [5.41, 5.74) is 8.33. The van der Waals surface area contributed by atoms with Gasteiger partial charge in [0.15, 0.2) is 0 Å². The molecule has 0 radical (unpaired) electrons. The summed E-state index contributed by atoms with van der Waals surface area (Å²) in [4.78, 5) is 10.6. The molecular formula is C17H22ClN5. The van der Waals surface area contributed by atoms with Gasteiger partial charge in [-0.25, -0.2) is 4.98 Å². The Morgan fingerprint density at radius 1 is 1.26 bits per heavy atom. The van der Waals surface area contributed by atoms with E-state index in [1.165, 1.54) is 11.1 Å².